The smallest absolute Gasteiger partial charge is 0.356 e. The van der Waals surface area contributed by atoms with E-state index in [1.54, 1.807) is 0 Å². The number of anilines is 1. The monoisotopic (exact) mass is 306 g/mol. The first-order chi connectivity index (χ1) is 10.5. The van der Waals surface area contributed by atoms with E-state index in [1.165, 1.54) is 19.2 Å². The summed E-state index contributed by atoms with van der Waals surface area (Å²) in [4.78, 5) is 42.1. The highest BCUT2D eigenvalue weighted by Gasteiger charge is 2.58. The van der Waals surface area contributed by atoms with E-state index in [4.69, 9.17) is 4.84 Å². The van der Waals surface area contributed by atoms with Gasteiger partial charge in [0.25, 0.3) is 5.91 Å². The van der Waals surface area contributed by atoms with E-state index in [1.807, 2.05) is 0 Å². The second-order valence-corrected chi connectivity index (χ2v) is 4.98. The van der Waals surface area contributed by atoms with Crippen LogP contribution in [0.3, 0.4) is 0 Å². The Morgan fingerprint density at radius 1 is 1.32 bits per heavy atom. The summed E-state index contributed by atoms with van der Waals surface area (Å²) < 4.78 is 17.5. The fourth-order valence-electron chi connectivity index (χ4n) is 2.48. The van der Waals surface area contributed by atoms with E-state index in [9.17, 15) is 18.8 Å². The summed E-state index contributed by atoms with van der Waals surface area (Å²) >= 11 is 0. The SMILES string of the molecule is COC(=O)C1=NO[C@@]2(CC(=O)N(c3ccc(F)cc3)C2=O)C1. The molecule has 3 rings (SSSR count). The topological polar surface area (TPSA) is 85.3 Å². The molecule has 1 spiro atoms. The third-order valence-corrected chi connectivity index (χ3v) is 3.57. The summed E-state index contributed by atoms with van der Waals surface area (Å²) in [6, 6.07) is 4.93. The van der Waals surface area contributed by atoms with Gasteiger partial charge in [0.05, 0.1) is 25.6 Å². The zero-order valence-electron chi connectivity index (χ0n) is 11.5. The molecule has 2 heterocycles. The Kier molecular flexibility index (Phi) is 3.16. The minimum absolute atomic E-state index is 0.0513. The largest absolute Gasteiger partial charge is 0.464 e. The molecule has 2 aliphatic rings. The Morgan fingerprint density at radius 2 is 2.00 bits per heavy atom. The van der Waals surface area contributed by atoms with Gasteiger partial charge >= 0.3 is 5.97 Å². The molecule has 0 radical (unpaired) electrons. The maximum absolute atomic E-state index is 13.0. The van der Waals surface area contributed by atoms with Gasteiger partial charge in [0.2, 0.25) is 11.5 Å². The number of rotatable bonds is 2. The number of carbonyl (C=O) groups is 3. The fraction of sp³-hybridized carbons (Fsp3) is 0.286. The number of carbonyl (C=O) groups excluding carboxylic acids is 3. The molecule has 22 heavy (non-hydrogen) atoms. The summed E-state index contributed by atoms with van der Waals surface area (Å²) in [7, 11) is 1.18. The molecule has 1 aromatic rings. The summed E-state index contributed by atoms with van der Waals surface area (Å²) in [6.45, 7) is 0. The van der Waals surface area contributed by atoms with E-state index < -0.39 is 29.2 Å². The van der Waals surface area contributed by atoms with Crippen LogP contribution in [0.4, 0.5) is 10.1 Å². The summed E-state index contributed by atoms with van der Waals surface area (Å²) in [5.41, 5.74) is -1.33. The zero-order chi connectivity index (χ0) is 15.9. The Bertz CT molecular complexity index is 700. The highest BCUT2D eigenvalue weighted by molar-refractivity contribution is 6.38. The Hall–Kier alpha value is -2.77. The number of benzene rings is 1. The van der Waals surface area contributed by atoms with Crippen molar-refractivity contribution in [1.82, 2.24) is 0 Å². The van der Waals surface area contributed by atoms with Crippen molar-refractivity contribution in [2.24, 2.45) is 5.16 Å². The standard InChI is InChI=1S/C14H11FN2O5/c1-21-12(19)10-6-14(22-16-10)7-11(18)17(13(14)20)9-4-2-8(15)3-5-9/h2-5H,6-7H2,1H3/t14-/m1/s1. The van der Waals surface area contributed by atoms with Gasteiger partial charge in [-0.2, -0.15) is 0 Å². The van der Waals surface area contributed by atoms with Crippen LogP contribution in [0.15, 0.2) is 29.4 Å². The maximum Gasteiger partial charge on any atom is 0.356 e. The minimum Gasteiger partial charge on any atom is -0.464 e. The summed E-state index contributed by atoms with van der Waals surface area (Å²) in [5, 5.41) is 3.55. The number of imide groups is 1. The van der Waals surface area contributed by atoms with Crippen LogP contribution in [0.2, 0.25) is 0 Å². The van der Waals surface area contributed by atoms with E-state index in [0.717, 1.165) is 17.0 Å². The van der Waals surface area contributed by atoms with E-state index >= 15 is 0 Å². The average molecular weight is 306 g/mol. The van der Waals surface area contributed by atoms with Crippen LogP contribution in [0.25, 0.3) is 0 Å². The van der Waals surface area contributed by atoms with Crippen LogP contribution >= 0.6 is 0 Å². The normalized spacial score (nSPS) is 23.7. The van der Waals surface area contributed by atoms with Crippen LogP contribution in [0, 0.1) is 5.82 Å². The van der Waals surface area contributed by atoms with E-state index in [0.29, 0.717) is 0 Å². The maximum atomic E-state index is 13.0. The number of esters is 1. The number of ether oxygens (including phenoxy) is 1. The molecule has 7 nitrogen and oxygen atoms in total. The quantitative estimate of drug-likeness (QED) is 0.595. The molecule has 0 saturated carbocycles. The van der Waals surface area contributed by atoms with Crippen molar-refractivity contribution in [3.05, 3.63) is 30.1 Å². The number of nitrogens with zero attached hydrogens (tertiary/aromatic N) is 2. The van der Waals surface area contributed by atoms with Crippen LogP contribution in [-0.2, 0) is 24.0 Å². The van der Waals surface area contributed by atoms with Crippen molar-refractivity contribution in [1.29, 1.82) is 0 Å². The molecule has 1 atom stereocenters. The second kappa shape index (κ2) is 4.90. The first-order valence-corrected chi connectivity index (χ1v) is 6.43. The number of oxime groups is 1. The van der Waals surface area contributed by atoms with Gasteiger partial charge in [-0.05, 0) is 24.3 Å². The van der Waals surface area contributed by atoms with Gasteiger partial charge in [0.15, 0.2) is 5.71 Å². The Labute approximate surface area is 124 Å². The number of halogens is 1. The van der Waals surface area contributed by atoms with E-state index in [2.05, 4.69) is 9.89 Å². The third-order valence-electron chi connectivity index (χ3n) is 3.57. The highest BCUT2D eigenvalue weighted by Crippen LogP contribution is 2.38. The number of amides is 2. The van der Waals surface area contributed by atoms with Gasteiger partial charge in [-0.25, -0.2) is 14.1 Å². The van der Waals surface area contributed by atoms with Gasteiger partial charge in [-0.3, -0.25) is 9.59 Å². The molecule has 2 aliphatic heterocycles. The zero-order valence-corrected chi connectivity index (χ0v) is 11.5. The molecule has 8 heteroatoms. The molecule has 114 valence electrons. The van der Waals surface area contributed by atoms with Crippen molar-refractivity contribution < 1.29 is 28.3 Å². The van der Waals surface area contributed by atoms with Gasteiger partial charge in [-0.1, -0.05) is 5.16 Å². The first kappa shape index (κ1) is 14.2. The molecule has 0 N–H and O–H groups in total. The number of hydrogen-bond donors (Lipinski definition) is 0. The summed E-state index contributed by atoms with van der Waals surface area (Å²) in [6.07, 6.45) is -0.380. The van der Waals surface area contributed by atoms with Gasteiger partial charge in [0, 0.05) is 0 Å². The first-order valence-electron chi connectivity index (χ1n) is 6.43. The number of methoxy groups -OCH3 is 1. The lowest BCUT2D eigenvalue weighted by Crippen LogP contribution is -2.41. The molecule has 1 aromatic carbocycles. The van der Waals surface area contributed by atoms with Crippen molar-refractivity contribution in [3.63, 3.8) is 0 Å². The molecule has 0 unspecified atom stereocenters. The lowest BCUT2D eigenvalue weighted by Gasteiger charge is -2.19. The molecule has 0 aromatic heterocycles. The van der Waals surface area contributed by atoms with Gasteiger partial charge < -0.3 is 9.57 Å². The molecule has 2 amide bonds. The highest BCUT2D eigenvalue weighted by atomic mass is 19.1. The molecule has 1 fully saturated rings. The molecule has 1 saturated heterocycles. The molecule has 0 aliphatic carbocycles. The van der Waals surface area contributed by atoms with Crippen molar-refractivity contribution in [2.45, 2.75) is 18.4 Å². The average Bonchev–Trinajstić information content (AvgIpc) is 3.03. The van der Waals surface area contributed by atoms with Crippen LogP contribution < -0.4 is 4.90 Å². The van der Waals surface area contributed by atoms with E-state index in [-0.39, 0.29) is 24.2 Å². The van der Waals surface area contributed by atoms with Crippen LogP contribution in [0.5, 0.6) is 0 Å². The second-order valence-electron chi connectivity index (χ2n) is 4.98. The molecular weight excluding hydrogens is 295 g/mol. The van der Waals surface area contributed by atoms with Crippen molar-refractivity contribution in [2.75, 3.05) is 12.0 Å². The number of hydrogen-bond acceptors (Lipinski definition) is 6. The third kappa shape index (κ3) is 2.03. The summed E-state index contributed by atoms with van der Waals surface area (Å²) in [5.74, 6) is -2.33. The van der Waals surface area contributed by atoms with Crippen molar-refractivity contribution in [3.8, 4) is 0 Å². The van der Waals surface area contributed by atoms with Gasteiger partial charge in [0.1, 0.15) is 5.82 Å². The molecular formula is C14H11FN2O5. The van der Waals surface area contributed by atoms with Crippen LogP contribution in [-0.4, -0.2) is 36.2 Å². The Morgan fingerprint density at radius 3 is 2.64 bits per heavy atom. The Balaban J connectivity index is 1.87. The fourth-order valence-corrected chi connectivity index (χ4v) is 2.48. The van der Waals surface area contributed by atoms with Crippen LogP contribution in [0.1, 0.15) is 12.8 Å². The van der Waals surface area contributed by atoms with Gasteiger partial charge in [-0.15, -0.1) is 0 Å². The van der Waals surface area contributed by atoms with Crippen molar-refractivity contribution >= 4 is 29.2 Å². The lowest BCUT2D eigenvalue weighted by molar-refractivity contribution is -0.136. The minimum atomic E-state index is -1.52. The lowest BCUT2D eigenvalue weighted by atomic mass is 9.95. The predicted octanol–water partition coefficient (Wildman–Crippen LogP) is 0.777. The molecule has 0 bridgehead atoms. The predicted molar refractivity (Wildman–Crippen MR) is 71.4 cm³/mol.